The summed E-state index contributed by atoms with van der Waals surface area (Å²) in [4.78, 5) is 2.17. The van der Waals surface area contributed by atoms with Crippen molar-refractivity contribution in [1.29, 1.82) is 0 Å². The quantitative estimate of drug-likeness (QED) is 0.484. The molecule has 0 saturated carbocycles. The monoisotopic (exact) mass is 189 g/mol. The lowest BCUT2D eigenvalue weighted by Gasteiger charge is -2.14. The molecule has 1 unspecified atom stereocenters. The van der Waals surface area contributed by atoms with E-state index >= 15 is 0 Å². The maximum Gasteiger partial charge on any atom is 0.0524 e. The summed E-state index contributed by atoms with van der Waals surface area (Å²) in [5.74, 6) is 0.796. The van der Waals surface area contributed by atoms with E-state index in [9.17, 15) is 0 Å². The maximum atomic E-state index is 9.02. The molecular formula is C9H19NOS. The van der Waals surface area contributed by atoms with Gasteiger partial charge in [0, 0.05) is 18.8 Å². The SMILES string of the molecule is CC(O)CCN(C)C/C=C/CS. The Kier molecular flexibility index (Phi) is 7.65. The lowest BCUT2D eigenvalue weighted by Crippen LogP contribution is -2.22. The van der Waals surface area contributed by atoms with Gasteiger partial charge in [0.05, 0.1) is 6.10 Å². The van der Waals surface area contributed by atoms with E-state index in [1.807, 2.05) is 20.0 Å². The molecule has 0 aromatic heterocycles. The smallest absolute Gasteiger partial charge is 0.0524 e. The van der Waals surface area contributed by atoms with Gasteiger partial charge in [-0.3, -0.25) is 0 Å². The van der Waals surface area contributed by atoms with Crippen LogP contribution in [0.25, 0.3) is 0 Å². The third-order valence-corrected chi connectivity index (χ3v) is 1.83. The molecule has 1 N–H and O–H groups in total. The minimum atomic E-state index is -0.193. The fourth-order valence-electron chi connectivity index (χ4n) is 0.828. The molecule has 0 aliphatic rings. The summed E-state index contributed by atoms with van der Waals surface area (Å²) < 4.78 is 0. The van der Waals surface area contributed by atoms with Crippen LogP contribution < -0.4 is 0 Å². The zero-order chi connectivity index (χ0) is 9.40. The molecule has 0 aromatic carbocycles. The molecule has 3 heteroatoms. The minimum Gasteiger partial charge on any atom is -0.393 e. The lowest BCUT2D eigenvalue weighted by atomic mass is 10.3. The molecule has 0 amide bonds. The molecule has 0 aliphatic carbocycles. The predicted octanol–water partition coefficient (Wildman–Crippen LogP) is 1.18. The third-order valence-electron chi connectivity index (χ3n) is 1.62. The fourth-order valence-corrected chi connectivity index (χ4v) is 0.977. The standard InChI is InChI=1S/C9H19NOS/c1-9(11)5-7-10(2)6-3-4-8-12/h3-4,9,11-12H,5-8H2,1-2H3/b4-3+. The average molecular weight is 189 g/mol. The van der Waals surface area contributed by atoms with Gasteiger partial charge in [0.1, 0.15) is 0 Å². The summed E-state index contributed by atoms with van der Waals surface area (Å²) in [5, 5.41) is 9.02. The molecule has 0 saturated heterocycles. The Bertz CT molecular complexity index is 126. The second-order valence-electron chi connectivity index (χ2n) is 3.05. The van der Waals surface area contributed by atoms with Crippen molar-refractivity contribution >= 4 is 12.6 Å². The van der Waals surface area contributed by atoms with Gasteiger partial charge in [0.2, 0.25) is 0 Å². The van der Waals surface area contributed by atoms with Gasteiger partial charge < -0.3 is 10.0 Å². The van der Waals surface area contributed by atoms with E-state index in [4.69, 9.17) is 5.11 Å². The van der Waals surface area contributed by atoms with Crippen molar-refractivity contribution in [3.05, 3.63) is 12.2 Å². The predicted molar refractivity (Wildman–Crippen MR) is 56.8 cm³/mol. The molecule has 0 radical (unpaired) electrons. The van der Waals surface area contributed by atoms with Crippen LogP contribution >= 0.6 is 12.6 Å². The molecule has 1 atom stereocenters. The number of nitrogens with zero attached hydrogens (tertiary/aromatic N) is 1. The van der Waals surface area contributed by atoms with E-state index in [0.717, 1.165) is 25.3 Å². The summed E-state index contributed by atoms with van der Waals surface area (Å²) >= 11 is 4.06. The van der Waals surface area contributed by atoms with Crippen molar-refractivity contribution in [2.45, 2.75) is 19.4 Å². The summed E-state index contributed by atoms with van der Waals surface area (Å²) in [6, 6.07) is 0. The number of rotatable bonds is 6. The second-order valence-corrected chi connectivity index (χ2v) is 3.42. The highest BCUT2D eigenvalue weighted by molar-refractivity contribution is 7.80. The Hall–Kier alpha value is 0.01000. The molecule has 0 heterocycles. The maximum absolute atomic E-state index is 9.02. The van der Waals surface area contributed by atoms with Crippen molar-refractivity contribution in [3.63, 3.8) is 0 Å². The lowest BCUT2D eigenvalue weighted by molar-refractivity contribution is 0.167. The topological polar surface area (TPSA) is 23.5 Å². The van der Waals surface area contributed by atoms with E-state index in [0.29, 0.717) is 0 Å². The summed E-state index contributed by atoms with van der Waals surface area (Å²) in [5.41, 5.74) is 0. The highest BCUT2D eigenvalue weighted by Gasteiger charge is 1.98. The summed E-state index contributed by atoms with van der Waals surface area (Å²) in [6.45, 7) is 3.69. The van der Waals surface area contributed by atoms with Crippen LogP contribution in [0.15, 0.2) is 12.2 Å². The number of likely N-dealkylation sites (N-methyl/N-ethyl adjacent to an activating group) is 1. The van der Waals surface area contributed by atoms with Gasteiger partial charge in [0.25, 0.3) is 0 Å². The first-order valence-corrected chi connectivity index (χ1v) is 4.92. The second kappa shape index (κ2) is 7.65. The van der Waals surface area contributed by atoms with Gasteiger partial charge in [-0.1, -0.05) is 12.2 Å². The third kappa shape index (κ3) is 8.11. The minimum absolute atomic E-state index is 0.193. The van der Waals surface area contributed by atoms with E-state index in [1.165, 1.54) is 0 Å². The zero-order valence-electron chi connectivity index (χ0n) is 7.90. The highest BCUT2D eigenvalue weighted by Crippen LogP contribution is 1.93. The molecule has 0 aromatic rings. The normalized spacial score (nSPS) is 14.4. The first kappa shape index (κ1) is 12.0. The number of hydrogen-bond donors (Lipinski definition) is 2. The van der Waals surface area contributed by atoms with E-state index < -0.39 is 0 Å². The molecule has 72 valence electrons. The van der Waals surface area contributed by atoms with Crippen molar-refractivity contribution < 1.29 is 5.11 Å². The van der Waals surface area contributed by atoms with Gasteiger partial charge >= 0.3 is 0 Å². The van der Waals surface area contributed by atoms with Crippen molar-refractivity contribution in [2.24, 2.45) is 0 Å². The number of hydrogen-bond acceptors (Lipinski definition) is 3. The van der Waals surface area contributed by atoms with Gasteiger partial charge in [-0.05, 0) is 20.4 Å². The van der Waals surface area contributed by atoms with Gasteiger partial charge in [0.15, 0.2) is 0 Å². The average Bonchev–Trinajstić information content (AvgIpc) is 2.01. The van der Waals surface area contributed by atoms with E-state index in [1.54, 1.807) is 0 Å². The highest BCUT2D eigenvalue weighted by atomic mass is 32.1. The molecule has 0 aliphatic heterocycles. The van der Waals surface area contributed by atoms with Crippen LogP contribution in [-0.4, -0.2) is 42.0 Å². The Morgan fingerprint density at radius 3 is 2.67 bits per heavy atom. The van der Waals surface area contributed by atoms with Crippen molar-refractivity contribution in [1.82, 2.24) is 4.90 Å². The fraction of sp³-hybridized carbons (Fsp3) is 0.778. The van der Waals surface area contributed by atoms with Crippen LogP contribution in [0.3, 0.4) is 0 Å². The van der Waals surface area contributed by atoms with Crippen molar-refractivity contribution in [3.8, 4) is 0 Å². The van der Waals surface area contributed by atoms with Crippen LogP contribution in [0, 0.1) is 0 Å². The number of aliphatic hydroxyl groups excluding tert-OH is 1. The van der Waals surface area contributed by atoms with Crippen molar-refractivity contribution in [2.75, 3.05) is 25.9 Å². The van der Waals surface area contributed by atoms with Gasteiger partial charge in [-0.25, -0.2) is 0 Å². The Morgan fingerprint density at radius 1 is 1.50 bits per heavy atom. The van der Waals surface area contributed by atoms with Crippen LogP contribution in [0.1, 0.15) is 13.3 Å². The first-order chi connectivity index (χ1) is 5.66. The van der Waals surface area contributed by atoms with Crippen LogP contribution in [-0.2, 0) is 0 Å². The molecule has 12 heavy (non-hydrogen) atoms. The largest absolute Gasteiger partial charge is 0.393 e. The van der Waals surface area contributed by atoms with E-state index in [-0.39, 0.29) is 6.10 Å². The zero-order valence-corrected chi connectivity index (χ0v) is 8.80. The molecule has 0 fully saturated rings. The van der Waals surface area contributed by atoms with Crippen LogP contribution in [0.5, 0.6) is 0 Å². The molecule has 0 bridgehead atoms. The summed E-state index contributed by atoms with van der Waals surface area (Å²) in [6.07, 6.45) is 4.77. The first-order valence-electron chi connectivity index (χ1n) is 4.29. The van der Waals surface area contributed by atoms with Crippen LogP contribution in [0.4, 0.5) is 0 Å². The summed E-state index contributed by atoms with van der Waals surface area (Å²) in [7, 11) is 2.05. The molecular weight excluding hydrogens is 170 g/mol. The Morgan fingerprint density at radius 2 is 2.17 bits per heavy atom. The van der Waals surface area contributed by atoms with Gasteiger partial charge in [-0.2, -0.15) is 12.6 Å². The van der Waals surface area contributed by atoms with Gasteiger partial charge in [-0.15, -0.1) is 0 Å². The number of thiol groups is 1. The molecule has 2 nitrogen and oxygen atoms in total. The molecule has 0 rings (SSSR count). The Labute approximate surface area is 80.7 Å². The van der Waals surface area contributed by atoms with Crippen LogP contribution in [0.2, 0.25) is 0 Å². The number of aliphatic hydroxyl groups is 1. The van der Waals surface area contributed by atoms with E-state index in [2.05, 4.69) is 23.6 Å². The molecule has 0 spiro atoms. The Balaban J connectivity index is 3.33.